The van der Waals surface area contributed by atoms with Gasteiger partial charge in [0.05, 0.1) is 5.69 Å². The van der Waals surface area contributed by atoms with E-state index in [1.807, 2.05) is 31.5 Å². The van der Waals surface area contributed by atoms with Crippen LogP contribution in [-0.4, -0.2) is 21.1 Å². The minimum Gasteiger partial charge on any atom is -0.402 e. The minimum absolute atomic E-state index is 0.184. The van der Waals surface area contributed by atoms with Crippen molar-refractivity contribution in [1.82, 2.24) is 14.8 Å². The molecule has 0 saturated carbocycles. The number of nitrogen functional groups attached to an aromatic ring is 1. The quantitative estimate of drug-likeness (QED) is 0.867. The standard InChI is InChI=1S/C16H21F3N4O/c1-5-10(4)23-13(9(2)3)7-12(22-23)11-6-14(15(20)21-8-11)24-16(17,18)19/h6-10H,5H2,1-4H3,(H2,20,21). The van der Waals surface area contributed by atoms with Crippen molar-refractivity contribution in [2.45, 2.75) is 52.4 Å². The lowest BCUT2D eigenvalue weighted by Gasteiger charge is -2.15. The number of anilines is 1. The number of nitrogens with zero attached hydrogens (tertiary/aromatic N) is 3. The smallest absolute Gasteiger partial charge is 0.402 e. The highest BCUT2D eigenvalue weighted by Crippen LogP contribution is 2.32. The lowest BCUT2D eigenvalue weighted by Crippen LogP contribution is -2.18. The SMILES string of the molecule is CCC(C)n1nc(-c2cnc(N)c(OC(F)(F)F)c2)cc1C(C)C. The summed E-state index contributed by atoms with van der Waals surface area (Å²) in [7, 11) is 0. The molecule has 2 aromatic rings. The first-order chi connectivity index (χ1) is 11.1. The van der Waals surface area contributed by atoms with Crippen molar-refractivity contribution in [3.05, 3.63) is 24.0 Å². The maximum atomic E-state index is 12.5. The molecule has 0 aliphatic carbocycles. The molecule has 1 unspecified atom stereocenters. The zero-order valence-electron chi connectivity index (χ0n) is 14.1. The second kappa shape index (κ2) is 6.70. The molecule has 0 aromatic carbocycles. The Balaban J connectivity index is 2.47. The number of hydrogen-bond acceptors (Lipinski definition) is 4. The number of hydrogen-bond donors (Lipinski definition) is 1. The van der Waals surface area contributed by atoms with Crippen molar-refractivity contribution in [3.8, 4) is 17.0 Å². The largest absolute Gasteiger partial charge is 0.573 e. The van der Waals surface area contributed by atoms with Gasteiger partial charge in [-0.05, 0) is 31.4 Å². The Bertz CT molecular complexity index is 710. The van der Waals surface area contributed by atoms with Crippen LogP contribution in [0.25, 0.3) is 11.3 Å². The van der Waals surface area contributed by atoms with Gasteiger partial charge in [-0.2, -0.15) is 5.10 Å². The van der Waals surface area contributed by atoms with Crippen LogP contribution in [0.3, 0.4) is 0 Å². The van der Waals surface area contributed by atoms with E-state index in [1.165, 1.54) is 12.3 Å². The van der Waals surface area contributed by atoms with E-state index in [4.69, 9.17) is 5.73 Å². The van der Waals surface area contributed by atoms with Gasteiger partial charge < -0.3 is 10.5 Å². The first kappa shape index (κ1) is 18.1. The van der Waals surface area contributed by atoms with Crippen molar-refractivity contribution in [3.63, 3.8) is 0 Å². The van der Waals surface area contributed by atoms with Crippen LogP contribution in [0.5, 0.6) is 5.75 Å². The fraction of sp³-hybridized carbons (Fsp3) is 0.500. The summed E-state index contributed by atoms with van der Waals surface area (Å²) in [6.45, 7) is 8.18. The highest BCUT2D eigenvalue weighted by Gasteiger charge is 2.32. The number of nitrogens with two attached hydrogens (primary N) is 1. The van der Waals surface area contributed by atoms with Gasteiger partial charge in [-0.3, -0.25) is 4.68 Å². The van der Waals surface area contributed by atoms with Crippen LogP contribution in [-0.2, 0) is 0 Å². The number of alkyl halides is 3. The molecule has 0 radical (unpaired) electrons. The summed E-state index contributed by atoms with van der Waals surface area (Å²) in [5.74, 6) is -0.612. The lowest BCUT2D eigenvalue weighted by atomic mass is 10.1. The normalized spacial score (nSPS) is 13.3. The molecule has 0 aliphatic rings. The number of aromatic nitrogens is 3. The van der Waals surface area contributed by atoms with Gasteiger partial charge in [-0.1, -0.05) is 20.8 Å². The van der Waals surface area contributed by atoms with Crippen LogP contribution in [0.2, 0.25) is 0 Å². The molecule has 24 heavy (non-hydrogen) atoms. The van der Waals surface area contributed by atoms with Crippen molar-refractivity contribution in [1.29, 1.82) is 0 Å². The zero-order chi connectivity index (χ0) is 18.1. The van der Waals surface area contributed by atoms with Gasteiger partial charge >= 0.3 is 6.36 Å². The molecule has 5 nitrogen and oxygen atoms in total. The van der Waals surface area contributed by atoms with Gasteiger partial charge in [0.2, 0.25) is 0 Å². The number of ether oxygens (including phenoxy) is 1. The van der Waals surface area contributed by atoms with Gasteiger partial charge in [0, 0.05) is 23.5 Å². The van der Waals surface area contributed by atoms with Crippen LogP contribution in [0, 0.1) is 0 Å². The molecule has 0 saturated heterocycles. The van der Waals surface area contributed by atoms with Crippen molar-refractivity contribution >= 4 is 5.82 Å². The van der Waals surface area contributed by atoms with Gasteiger partial charge in [-0.15, -0.1) is 13.2 Å². The summed E-state index contributed by atoms with van der Waals surface area (Å²) in [6.07, 6.45) is -2.54. The first-order valence-electron chi connectivity index (χ1n) is 7.73. The van der Waals surface area contributed by atoms with E-state index in [0.717, 1.165) is 12.1 Å². The average Bonchev–Trinajstić information content (AvgIpc) is 2.92. The van der Waals surface area contributed by atoms with Crippen molar-refractivity contribution in [2.24, 2.45) is 0 Å². The summed E-state index contributed by atoms with van der Waals surface area (Å²) in [6, 6.07) is 3.26. The molecule has 132 valence electrons. The molecule has 2 aromatic heterocycles. The third-order valence-electron chi connectivity index (χ3n) is 3.77. The first-order valence-corrected chi connectivity index (χ1v) is 7.73. The molecule has 0 bridgehead atoms. The highest BCUT2D eigenvalue weighted by atomic mass is 19.4. The minimum atomic E-state index is -4.83. The second-order valence-electron chi connectivity index (χ2n) is 5.97. The van der Waals surface area contributed by atoms with Crippen LogP contribution in [0.4, 0.5) is 19.0 Å². The second-order valence-corrected chi connectivity index (χ2v) is 5.97. The summed E-state index contributed by atoms with van der Waals surface area (Å²) in [4.78, 5) is 3.79. The fourth-order valence-corrected chi connectivity index (χ4v) is 2.31. The predicted octanol–water partition coefficient (Wildman–Crippen LogP) is 4.52. The van der Waals surface area contributed by atoms with Gasteiger partial charge in [-0.25, -0.2) is 4.98 Å². The Kier molecular flexibility index (Phi) is 5.05. The highest BCUT2D eigenvalue weighted by molar-refractivity contribution is 5.64. The van der Waals surface area contributed by atoms with Gasteiger partial charge in [0.1, 0.15) is 0 Å². The molecule has 2 rings (SSSR count). The summed E-state index contributed by atoms with van der Waals surface area (Å²) >= 11 is 0. The molecule has 0 fully saturated rings. The topological polar surface area (TPSA) is 66.0 Å². The van der Waals surface area contributed by atoms with Crippen LogP contribution >= 0.6 is 0 Å². The zero-order valence-corrected chi connectivity index (χ0v) is 14.1. The molecule has 2 heterocycles. The molecule has 2 N–H and O–H groups in total. The molecule has 0 amide bonds. The lowest BCUT2D eigenvalue weighted by molar-refractivity contribution is -0.274. The van der Waals surface area contributed by atoms with E-state index >= 15 is 0 Å². The predicted molar refractivity (Wildman–Crippen MR) is 85.6 cm³/mol. The number of pyridine rings is 1. The third-order valence-corrected chi connectivity index (χ3v) is 3.77. The van der Waals surface area contributed by atoms with Crippen LogP contribution in [0.15, 0.2) is 18.3 Å². The van der Waals surface area contributed by atoms with E-state index < -0.39 is 12.1 Å². The third kappa shape index (κ3) is 3.98. The Hall–Kier alpha value is -2.25. The van der Waals surface area contributed by atoms with E-state index in [2.05, 4.69) is 21.7 Å². The Morgan fingerprint density at radius 1 is 1.25 bits per heavy atom. The molecular formula is C16H21F3N4O. The summed E-state index contributed by atoms with van der Waals surface area (Å²) in [5, 5.41) is 4.54. The Labute approximate surface area is 138 Å². The summed E-state index contributed by atoms with van der Waals surface area (Å²) < 4.78 is 43.2. The number of halogens is 3. The number of rotatable bonds is 5. The van der Waals surface area contributed by atoms with E-state index in [1.54, 1.807) is 0 Å². The van der Waals surface area contributed by atoms with Gasteiger partial charge in [0.15, 0.2) is 11.6 Å². The fourth-order valence-electron chi connectivity index (χ4n) is 2.31. The van der Waals surface area contributed by atoms with E-state index in [9.17, 15) is 13.2 Å². The van der Waals surface area contributed by atoms with Crippen LogP contribution < -0.4 is 10.5 Å². The maximum absolute atomic E-state index is 12.5. The van der Waals surface area contributed by atoms with Gasteiger partial charge in [0.25, 0.3) is 0 Å². The molecule has 8 heteroatoms. The molecule has 0 spiro atoms. The Morgan fingerprint density at radius 3 is 2.46 bits per heavy atom. The molecule has 1 atom stereocenters. The van der Waals surface area contributed by atoms with E-state index in [-0.39, 0.29) is 17.8 Å². The molecule has 0 aliphatic heterocycles. The van der Waals surface area contributed by atoms with E-state index in [0.29, 0.717) is 11.3 Å². The monoisotopic (exact) mass is 342 g/mol. The molecular weight excluding hydrogens is 321 g/mol. The van der Waals surface area contributed by atoms with Crippen molar-refractivity contribution < 1.29 is 17.9 Å². The summed E-state index contributed by atoms with van der Waals surface area (Å²) in [5.41, 5.74) is 7.44. The Morgan fingerprint density at radius 2 is 1.92 bits per heavy atom. The average molecular weight is 342 g/mol. The maximum Gasteiger partial charge on any atom is 0.573 e. The van der Waals surface area contributed by atoms with Crippen LogP contribution in [0.1, 0.15) is 51.8 Å². The van der Waals surface area contributed by atoms with Crippen molar-refractivity contribution in [2.75, 3.05) is 5.73 Å².